The highest BCUT2D eigenvalue weighted by molar-refractivity contribution is 6.20. The van der Waals surface area contributed by atoms with E-state index in [1.165, 1.54) is 32.3 Å². The number of anilines is 3. The van der Waals surface area contributed by atoms with Crippen molar-refractivity contribution in [1.29, 1.82) is 0 Å². The number of furan rings is 2. The van der Waals surface area contributed by atoms with Crippen molar-refractivity contribution in [3.05, 3.63) is 152 Å². The van der Waals surface area contributed by atoms with Gasteiger partial charge in [-0.1, -0.05) is 109 Å². The van der Waals surface area contributed by atoms with Crippen molar-refractivity contribution in [3.8, 4) is 0 Å². The third kappa shape index (κ3) is 3.52. The van der Waals surface area contributed by atoms with Gasteiger partial charge in [-0.25, -0.2) is 0 Å². The van der Waals surface area contributed by atoms with Gasteiger partial charge in [0.25, 0.3) is 0 Å². The molecule has 3 heteroatoms. The number of nitrogens with zero attached hydrogens (tertiary/aromatic N) is 1. The molecule has 0 spiro atoms. The predicted molar refractivity (Wildman–Crippen MR) is 188 cm³/mol. The zero-order chi connectivity index (χ0) is 29.5. The Hall–Kier alpha value is -6.06. The van der Waals surface area contributed by atoms with Gasteiger partial charge in [0.15, 0.2) is 5.58 Å². The van der Waals surface area contributed by atoms with E-state index in [-0.39, 0.29) is 0 Å². The van der Waals surface area contributed by atoms with Crippen molar-refractivity contribution < 1.29 is 8.83 Å². The molecule has 0 fully saturated rings. The minimum Gasteiger partial charge on any atom is -0.456 e. The molecule has 2 heterocycles. The van der Waals surface area contributed by atoms with E-state index in [0.717, 1.165) is 60.9 Å². The van der Waals surface area contributed by atoms with Gasteiger partial charge in [0.1, 0.15) is 16.7 Å². The maximum absolute atomic E-state index is 6.62. The molecule has 45 heavy (non-hydrogen) atoms. The molecule has 8 aromatic carbocycles. The molecule has 10 rings (SSSR count). The zero-order valence-electron chi connectivity index (χ0n) is 24.2. The molecule has 0 saturated carbocycles. The predicted octanol–water partition coefficient (Wildman–Crippen LogP) is 12.4. The lowest BCUT2D eigenvalue weighted by atomic mass is 9.96. The lowest BCUT2D eigenvalue weighted by molar-refractivity contribution is 0.669. The van der Waals surface area contributed by atoms with Crippen LogP contribution in [0.5, 0.6) is 0 Å². The fourth-order valence-electron chi connectivity index (χ4n) is 7.20. The van der Waals surface area contributed by atoms with Gasteiger partial charge >= 0.3 is 0 Å². The van der Waals surface area contributed by atoms with Gasteiger partial charge in [-0.3, -0.25) is 0 Å². The average Bonchev–Trinajstić information content (AvgIpc) is 3.67. The number of para-hydroxylation sites is 3. The van der Waals surface area contributed by atoms with Crippen molar-refractivity contribution in [2.24, 2.45) is 0 Å². The van der Waals surface area contributed by atoms with Crippen LogP contribution in [0.1, 0.15) is 0 Å². The van der Waals surface area contributed by atoms with Crippen LogP contribution in [0.15, 0.2) is 160 Å². The molecule has 0 amide bonds. The van der Waals surface area contributed by atoms with Gasteiger partial charge in [-0.05, 0) is 69.4 Å². The van der Waals surface area contributed by atoms with Crippen LogP contribution in [-0.2, 0) is 0 Å². The first-order chi connectivity index (χ1) is 22.3. The van der Waals surface area contributed by atoms with Crippen LogP contribution in [0, 0.1) is 0 Å². The summed E-state index contributed by atoms with van der Waals surface area (Å²) in [5.41, 5.74) is 6.61. The molecule has 0 bridgehead atoms. The number of fused-ring (bicyclic) bond motifs is 11. The van der Waals surface area contributed by atoms with Crippen molar-refractivity contribution in [2.45, 2.75) is 0 Å². The fraction of sp³-hybridized carbons (Fsp3) is 0. The third-order valence-corrected chi connectivity index (χ3v) is 9.24. The summed E-state index contributed by atoms with van der Waals surface area (Å²) < 4.78 is 12.8. The third-order valence-electron chi connectivity index (χ3n) is 9.24. The highest BCUT2D eigenvalue weighted by Gasteiger charge is 2.22. The topological polar surface area (TPSA) is 29.5 Å². The summed E-state index contributed by atoms with van der Waals surface area (Å²) in [5.74, 6) is 0. The summed E-state index contributed by atoms with van der Waals surface area (Å²) in [6.45, 7) is 0. The number of hydrogen-bond acceptors (Lipinski definition) is 3. The van der Waals surface area contributed by atoms with Crippen LogP contribution in [-0.4, -0.2) is 0 Å². The highest BCUT2D eigenvalue weighted by atomic mass is 16.3. The Labute approximate surface area is 258 Å². The summed E-state index contributed by atoms with van der Waals surface area (Å²) in [7, 11) is 0. The standard InChI is InChI=1S/C42H25NO2/c1-2-10-28-26(9-1)19-21-31-29-13-7-15-37(32(29)23-22-30(28)31)43(27-20-24-41-36(25-27)34-12-4-5-17-39(34)44-41)38-16-8-14-35-33-11-3-6-18-40(33)45-42(35)38/h1-25H. The van der Waals surface area contributed by atoms with Crippen molar-refractivity contribution >= 4 is 93.3 Å². The first kappa shape index (κ1) is 24.4. The number of hydrogen-bond donors (Lipinski definition) is 0. The van der Waals surface area contributed by atoms with Crippen LogP contribution in [0.3, 0.4) is 0 Å². The average molecular weight is 576 g/mol. The molecular weight excluding hydrogens is 550 g/mol. The van der Waals surface area contributed by atoms with Crippen LogP contribution in [0.4, 0.5) is 17.1 Å². The molecular formula is C42H25NO2. The normalized spacial score (nSPS) is 12.0. The molecule has 0 saturated heterocycles. The van der Waals surface area contributed by atoms with E-state index in [9.17, 15) is 0 Å². The highest BCUT2D eigenvalue weighted by Crippen LogP contribution is 2.46. The van der Waals surface area contributed by atoms with E-state index < -0.39 is 0 Å². The molecule has 3 nitrogen and oxygen atoms in total. The lowest BCUT2D eigenvalue weighted by Crippen LogP contribution is -2.10. The second-order valence-corrected chi connectivity index (χ2v) is 11.7. The molecule has 0 aliphatic rings. The maximum atomic E-state index is 6.62. The Morgan fingerprint density at radius 1 is 0.333 bits per heavy atom. The Kier molecular flexibility index (Phi) is 5.00. The van der Waals surface area contributed by atoms with E-state index in [1.54, 1.807) is 0 Å². The molecule has 10 aromatic rings. The van der Waals surface area contributed by atoms with E-state index in [0.29, 0.717) is 0 Å². The van der Waals surface area contributed by atoms with Gasteiger partial charge in [-0.15, -0.1) is 0 Å². The first-order valence-electron chi connectivity index (χ1n) is 15.3. The van der Waals surface area contributed by atoms with E-state index in [2.05, 4.69) is 132 Å². The molecule has 0 N–H and O–H groups in total. The van der Waals surface area contributed by atoms with Gasteiger partial charge < -0.3 is 13.7 Å². The molecule has 2 aromatic heterocycles. The minimum atomic E-state index is 0.861. The summed E-state index contributed by atoms with van der Waals surface area (Å²) in [6, 6.07) is 53.7. The molecule has 0 aliphatic carbocycles. The minimum absolute atomic E-state index is 0.861. The molecule has 0 atom stereocenters. The van der Waals surface area contributed by atoms with Crippen LogP contribution >= 0.6 is 0 Å². The first-order valence-corrected chi connectivity index (χ1v) is 15.3. The van der Waals surface area contributed by atoms with Gasteiger partial charge in [0.05, 0.1) is 11.4 Å². The summed E-state index contributed by atoms with van der Waals surface area (Å²) in [6.07, 6.45) is 0. The largest absolute Gasteiger partial charge is 0.456 e. The monoisotopic (exact) mass is 575 g/mol. The smallest absolute Gasteiger partial charge is 0.159 e. The molecule has 0 unspecified atom stereocenters. The Morgan fingerprint density at radius 3 is 1.78 bits per heavy atom. The van der Waals surface area contributed by atoms with E-state index >= 15 is 0 Å². The summed E-state index contributed by atoms with van der Waals surface area (Å²) in [4.78, 5) is 2.35. The summed E-state index contributed by atoms with van der Waals surface area (Å²) >= 11 is 0. The van der Waals surface area contributed by atoms with Crippen molar-refractivity contribution in [3.63, 3.8) is 0 Å². The molecule has 0 aliphatic heterocycles. The van der Waals surface area contributed by atoms with Crippen LogP contribution < -0.4 is 4.90 Å². The van der Waals surface area contributed by atoms with Crippen LogP contribution in [0.2, 0.25) is 0 Å². The van der Waals surface area contributed by atoms with Crippen molar-refractivity contribution in [2.75, 3.05) is 4.90 Å². The van der Waals surface area contributed by atoms with Crippen molar-refractivity contribution in [1.82, 2.24) is 0 Å². The Bertz CT molecular complexity index is 2780. The van der Waals surface area contributed by atoms with Gasteiger partial charge in [-0.2, -0.15) is 0 Å². The van der Waals surface area contributed by atoms with Gasteiger partial charge in [0, 0.05) is 32.6 Å². The molecule has 0 radical (unpaired) electrons. The second kappa shape index (κ2) is 9.22. The number of rotatable bonds is 3. The second-order valence-electron chi connectivity index (χ2n) is 11.7. The van der Waals surface area contributed by atoms with Gasteiger partial charge in [0.2, 0.25) is 0 Å². The zero-order valence-corrected chi connectivity index (χ0v) is 24.2. The quantitative estimate of drug-likeness (QED) is 0.196. The molecule has 210 valence electrons. The van der Waals surface area contributed by atoms with Crippen LogP contribution in [0.25, 0.3) is 76.2 Å². The fourth-order valence-corrected chi connectivity index (χ4v) is 7.20. The SMILES string of the molecule is c1ccc2c(c1)ccc1c3cccc(N(c4ccc5oc6ccccc6c5c4)c4cccc5c4oc4ccccc45)c3ccc21. The van der Waals surface area contributed by atoms with E-state index in [1.807, 2.05) is 24.3 Å². The Balaban J connectivity index is 1.30. The summed E-state index contributed by atoms with van der Waals surface area (Å²) in [5, 5.41) is 11.8. The maximum Gasteiger partial charge on any atom is 0.159 e. The number of benzene rings is 8. The van der Waals surface area contributed by atoms with E-state index in [4.69, 9.17) is 8.83 Å². The lowest BCUT2D eigenvalue weighted by Gasteiger charge is -2.27. The Morgan fingerprint density at radius 2 is 0.911 bits per heavy atom.